The first-order valence-electron chi connectivity index (χ1n) is 5.51. The average Bonchev–Trinajstić information content (AvgIpc) is 2.94. The van der Waals surface area contributed by atoms with Crippen molar-refractivity contribution in [2.24, 2.45) is 5.92 Å². The number of ether oxygens (including phenoxy) is 1. The molecule has 1 saturated heterocycles. The summed E-state index contributed by atoms with van der Waals surface area (Å²) in [5, 5.41) is 17.3. The molecule has 0 aliphatic carbocycles. The molecule has 1 aliphatic heterocycles. The van der Waals surface area contributed by atoms with Gasteiger partial charge >= 0.3 is 0 Å². The number of nitrogens with one attached hydrogen (secondary N) is 2. The van der Waals surface area contributed by atoms with Gasteiger partial charge in [-0.15, -0.1) is 11.3 Å². The lowest BCUT2D eigenvalue weighted by Gasteiger charge is -2.13. The standard InChI is InChI=1S/C11H16N2O3S/c1-16-9-2-3-17-10(9)11(15)13-5-7-4-12-6-8(7)14/h2-3,7-8,12,14H,4-6H2,1H3,(H,13,15). The monoisotopic (exact) mass is 256 g/mol. The topological polar surface area (TPSA) is 70.6 Å². The summed E-state index contributed by atoms with van der Waals surface area (Å²) in [5.41, 5.74) is 0. The summed E-state index contributed by atoms with van der Waals surface area (Å²) in [6, 6.07) is 1.77. The van der Waals surface area contributed by atoms with Gasteiger partial charge in [0, 0.05) is 25.6 Å². The Balaban J connectivity index is 1.89. The molecule has 1 amide bonds. The molecular weight excluding hydrogens is 240 g/mol. The third kappa shape index (κ3) is 2.77. The largest absolute Gasteiger partial charge is 0.495 e. The van der Waals surface area contributed by atoms with Gasteiger partial charge in [0.1, 0.15) is 10.6 Å². The Bertz CT molecular complexity index is 394. The van der Waals surface area contributed by atoms with Crippen LogP contribution in [0.25, 0.3) is 0 Å². The number of β-amino-alcohol motifs (C(OH)–C–C–N with tert-alkyl or cyclic N) is 1. The number of rotatable bonds is 4. The third-order valence-electron chi connectivity index (χ3n) is 2.88. The van der Waals surface area contributed by atoms with E-state index in [0.29, 0.717) is 23.7 Å². The molecule has 1 aliphatic rings. The quantitative estimate of drug-likeness (QED) is 0.713. The summed E-state index contributed by atoms with van der Waals surface area (Å²) in [6.07, 6.45) is -0.375. The van der Waals surface area contributed by atoms with Crippen molar-refractivity contribution in [3.63, 3.8) is 0 Å². The Labute approximate surface area is 104 Å². The Morgan fingerprint density at radius 2 is 2.53 bits per heavy atom. The van der Waals surface area contributed by atoms with Crippen molar-refractivity contribution in [3.8, 4) is 5.75 Å². The highest BCUT2D eigenvalue weighted by Crippen LogP contribution is 2.24. The SMILES string of the molecule is COc1ccsc1C(=O)NCC1CNCC1O. The number of thiophene rings is 1. The van der Waals surface area contributed by atoms with Gasteiger partial charge in [0.05, 0.1) is 13.2 Å². The van der Waals surface area contributed by atoms with E-state index in [0.717, 1.165) is 6.54 Å². The van der Waals surface area contributed by atoms with Gasteiger partial charge in [-0.3, -0.25) is 4.79 Å². The molecule has 2 atom stereocenters. The summed E-state index contributed by atoms with van der Waals surface area (Å²) in [6.45, 7) is 1.82. The Hall–Kier alpha value is -1.11. The van der Waals surface area contributed by atoms with E-state index in [9.17, 15) is 9.90 Å². The van der Waals surface area contributed by atoms with E-state index in [-0.39, 0.29) is 17.9 Å². The van der Waals surface area contributed by atoms with E-state index in [4.69, 9.17) is 4.74 Å². The molecule has 2 unspecified atom stereocenters. The van der Waals surface area contributed by atoms with Crippen molar-refractivity contribution in [2.45, 2.75) is 6.10 Å². The molecule has 6 heteroatoms. The van der Waals surface area contributed by atoms with Crippen molar-refractivity contribution < 1.29 is 14.6 Å². The second-order valence-corrected chi connectivity index (χ2v) is 4.93. The summed E-state index contributed by atoms with van der Waals surface area (Å²) >= 11 is 1.35. The van der Waals surface area contributed by atoms with Crippen molar-refractivity contribution in [3.05, 3.63) is 16.3 Å². The zero-order valence-electron chi connectivity index (χ0n) is 9.60. The van der Waals surface area contributed by atoms with Crippen LogP contribution < -0.4 is 15.4 Å². The zero-order chi connectivity index (χ0) is 12.3. The predicted molar refractivity (Wildman–Crippen MR) is 65.6 cm³/mol. The van der Waals surface area contributed by atoms with Gasteiger partial charge in [0.15, 0.2) is 0 Å². The Morgan fingerprint density at radius 3 is 3.18 bits per heavy atom. The van der Waals surface area contributed by atoms with Crippen LogP contribution in [-0.2, 0) is 0 Å². The van der Waals surface area contributed by atoms with E-state index in [1.807, 2.05) is 5.38 Å². The highest BCUT2D eigenvalue weighted by molar-refractivity contribution is 7.12. The highest BCUT2D eigenvalue weighted by atomic mass is 32.1. The van der Waals surface area contributed by atoms with Gasteiger partial charge in [-0.05, 0) is 11.4 Å². The number of aliphatic hydroxyl groups excluding tert-OH is 1. The minimum atomic E-state index is -0.375. The maximum Gasteiger partial charge on any atom is 0.265 e. The van der Waals surface area contributed by atoms with Crippen molar-refractivity contribution in [2.75, 3.05) is 26.7 Å². The highest BCUT2D eigenvalue weighted by Gasteiger charge is 2.25. The first-order chi connectivity index (χ1) is 8.22. The molecule has 3 N–H and O–H groups in total. The van der Waals surface area contributed by atoms with E-state index in [1.165, 1.54) is 11.3 Å². The molecule has 0 aromatic carbocycles. The Kier molecular flexibility index (Phi) is 3.98. The summed E-state index contributed by atoms with van der Waals surface area (Å²) < 4.78 is 5.09. The molecule has 17 heavy (non-hydrogen) atoms. The number of hydrogen-bond donors (Lipinski definition) is 3. The van der Waals surface area contributed by atoms with Gasteiger partial charge in [0.2, 0.25) is 0 Å². The molecule has 94 valence electrons. The third-order valence-corrected chi connectivity index (χ3v) is 3.78. The normalized spacial score (nSPS) is 23.6. The van der Waals surface area contributed by atoms with Crippen LogP contribution in [0, 0.1) is 5.92 Å². The molecule has 1 aromatic rings. The lowest BCUT2D eigenvalue weighted by atomic mass is 10.1. The molecule has 0 bridgehead atoms. The first-order valence-corrected chi connectivity index (χ1v) is 6.38. The number of aliphatic hydroxyl groups is 1. The van der Waals surface area contributed by atoms with Gasteiger partial charge < -0.3 is 20.5 Å². The molecule has 1 fully saturated rings. The lowest BCUT2D eigenvalue weighted by molar-refractivity contribution is 0.0928. The molecule has 2 rings (SSSR count). The summed E-state index contributed by atoms with van der Waals surface area (Å²) in [4.78, 5) is 12.4. The summed E-state index contributed by atoms with van der Waals surface area (Å²) in [5.74, 6) is 0.540. The van der Waals surface area contributed by atoms with Crippen LogP contribution >= 0.6 is 11.3 Å². The number of hydrogen-bond acceptors (Lipinski definition) is 5. The van der Waals surface area contributed by atoms with Gasteiger partial charge in [-0.1, -0.05) is 0 Å². The van der Waals surface area contributed by atoms with Crippen molar-refractivity contribution >= 4 is 17.2 Å². The molecule has 1 aromatic heterocycles. The Morgan fingerprint density at radius 1 is 1.71 bits per heavy atom. The minimum absolute atomic E-state index is 0.0879. The number of carbonyl (C=O) groups is 1. The fourth-order valence-electron chi connectivity index (χ4n) is 1.86. The van der Waals surface area contributed by atoms with Gasteiger partial charge in [-0.25, -0.2) is 0 Å². The minimum Gasteiger partial charge on any atom is -0.495 e. The number of amides is 1. The fourth-order valence-corrected chi connectivity index (χ4v) is 2.63. The molecule has 0 saturated carbocycles. The van der Waals surface area contributed by atoms with Crippen LogP contribution in [0.2, 0.25) is 0 Å². The second-order valence-electron chi connectivity index (χ2n) is 4.01. The van der Waals surface area contributed by atoms with Crippen LogP contribution in [0.1, 0.15) is 9.67 Å². The van der Waals surface area contributed by atoms with Crippen LogP contribution in [0.15, 0.2) is 11.4 Å². The van der Waals surface area contributed by atoms with Gasteiger partial charge in [0.25, 0.3) is 5.91 Å². The number of methoxy groups -OCH3 is 1. The molecular formula is C11H16N2O3S. The average molecular weight is 256 g/mol. The fraction of sp³-hybridized carbons (Fsp3) is 0.545. The van der Waals surface area contributed by atoms with Crippen molar-refractivity contribution in [1.29, 1.82) is 0 Å². The second kappa shape index (κ2) is 5.48. The molecule has 2 heterocycles. The smallest absolute Gasteiger partial charge is 0.265 e. The van der Waals surface area contributed by atoms with Crippen LogP contribution in [0.4, 0.5) is 0 Å². The molecule has 0 spiro atoms. The summed E-state index contributed by atoms with van der Waals surface area (Å²) in [7, 11) is 1.55. The van der Waals surface area contributed by atoms with Crippen LogP contribution in [-0.4, -0.2) is 43.9 Å². The maximum atomic E-state index is 11.9. The van der Waals surface area contributed by atoms with E-state index < -0.39 is 0 Å². The predicted octanol–water partition coefficient (Wildman–Crippen LogP) is 0.0668. The van der Waals surface area contributed by atoms with E-state index in [1.54, 1.807) is 13.2 Å². The molecule has 0 radical (unpaired) electrons. The molecule has 5 nitrogen and oxygen atoms in total. The van der Waals surface area contributed by atoms with E-state index >= 15 is 0 Å². The van der Waals surface area contributed by atoms with Crippen LogP contribution in [0.5, 0.6) is 5.75 Å². The van der Waals surface area contributed by atoms with Gasteiger partial charge in [-0.2, -0.15) is 0 Å². The van der Waals surface area contributed by atoms with Crippen LogP contribution in [0.3, 0.4) is 0 Å². The van der Waals surface area contributed by atoms with Crippen molar-refractivity contribution in [1.82, 2.24) is 10.6 Å². The first kappa shape index (κ1) is 12.3. The maximum absolute atomic E-state index is 11.9. The zero-order valence-corrected chi connectivity index (χ0v) is 10.4. The number of carbonyl (C=O) groups excluding carboxylic acids is 1. The lowest BCUT2D eigenvalue weighted by Crippen LogP contribution is -2.34. The van der Waals surface area contributed by atoms with E-state index in [2.05, 4.69) is 10.6 Å².